The zero-order valence-corrected chi connectivity index (χ0v) is 20.1. The third kappa shape index (κ3) is 4.37. The Morgan fingerprint density at radius 3 is 2.59 bits per heavy atom. The number of nitrogens with zero attached hydrogens (tertiary/aromatic N) is 2. The lowest BCUT2D eigenvalue weighted by molar-refractivity contribution is -0.150. The number of methoxy groups -OCH3 is 1. The monoisotopic (exact) mass is 458 g/mol. The number of fused-ring (bicyclic) bond motifs is 1. The number of carbonyl (C=O) groups is 2. The van der Waals surface area contributed by atoms with Crippen LogP contribution in [0.4, 0.5) is 4.39 Å². The highest BCUT2D eigenvalue weighted by atomic mass is 32.2. The van der Waals surface area contributed by atoms with Crippen LogP contribution in [0, 0.1) is 12.3 Å². The van der Waals surface area contributed by atoms with Gasteiger partial charge in [-0.3, -0.25) is 4.79 Å². The Balaban J connectivity index is 1.78. The average molecular weight is 459 g/mol. The Hall–Kier alpha value is -2.12. The standard InChI is InChI=1S/C25H31FN2O3S/c1-16-18(13-17-9-5-6-10-21(17)32-27-11-7-8-12-27)22-19(14-25(2,3)15-20(22)29)28(16)23(26)24(30)31-4/h5-6,9-10,23H,7-8,11-15H2,1-4H3. The molecule has 1 unspecified atom stereocenters. The lowest BCUT2D eigenvalue weighted by Gasteiger charge is -2.30. The minimum absolute atomic E-state index is 0.0230. The fourth-order valence-corrected chi connectivity index (χ4v) is 6.05. The van der Waals surface area contributed by atoms with Crippen molar-refractivity contribution in [2.45, 2.75) is 64.1 Å². The number of aromatic nitrogens is 1. The van der Waals surface area contributed by atoms with Gasteiger partial charge in [0.25, 0.3) is 6.30 Å². The molecule has 1 aliphatic heterocycles. The molecule has 1 aliphatic carbocycles. The fourth-order valence-electron chi connectivity index (χ4n) is 4.94. The van der Waals surface area contributed by atoms with Crippen molar-refractivity contribution in [2.75, 3.05) is 20.2 Å². The summed E-state index contributed by atoms with van der Waals surface area (Å²) in [6, 6.07) is 8.21. The van der Waals surface area contributed by atoms with E-state index in [0.29, 0.717) is 36.2 Å². The van der Waals surface area contributed by atoms with E-state index in [1.807, 2.05) is 26.0 Å². The number of alkyl halides is 1. The van der Waals surface area contributed by atoms with Gasteiger partial charge in [0, 0.05) is 47.8 Å². The molecule has 0 radical (unpaired) electrons. The van der Waals surface area contributed by atoms with Crippen molar-refractivity contribution in [3.05, 3.63) is 52.3 Å². The molecule has 172 valence electrons. The number of carbonyl (C=O) groups excluding carboxylic acids is 2. The third-order valence-corrected chi connectivity index (χ3v) is 7.72. The summed E-state index contributed by atoms with van der Waals surface area (Å²) in [6.45, 7) is 7.96. The highest BCUT2D eigenvalue weighted by Gasteiger charge is 2.39. The van der Waals surface area contributed by atoms with Crippen LogP contribution in [0.5, 0.6) is 0 Å². The molecule has 1 saturated heterocycles. The van der Waals surface area contributed by atoms with Crippen LogP contribution in [0.2, 0.25) is 0 Å². The number of Topliss-reactive ketones (excluding diaryl/α,β-unsaturated/α-hetero) is 1. The molecule has 2 aromatic rings. The number of hydrogen-bond acceptors (Lipinski definition) is 5. The van der Waals surface area contributed by atoms with Gasteiger partial charge in [-0.2, -0.15) is 0 Å². The molecule has 0 saturated carbocycles. The maximum absolute atomic E-state index is 15.2. The van der Waals surface area contributed by atoms with Crippen LogP contribution in [0.1, 0.15) is 72.3 Å². The first-order valence-electron chi connectivity index (χ1n) is 11.2. The molecule has 0 N–H and O–H groups in total. The van der Waals surface area contributed by atoms with Crippen molar-refractivity contribution in [1.82, 2.24) is 8.87 Å². The van der Waals surface area contributed by atoms with Gasteiger partial charge in [0.2, 0.25) is 0 Å². The molecule has 0 bridgehead atoms. The molecule has 1 aromatic heterocycles. The maximum atomic E-state index is 15.2. The summed E-state index contributed by atoms with van der Waals surface area (Å²) in [5.74, 6) is -0.923. The van der Waals surface area contributed by atoms with Crippen molar-refractivity contribution in [3.8, 4) is 0 Å². The second-order valence-corrected chi connectivity index (χ2v) is 10.7. The smallest absolute Gasteiger partial charge is 0.362 e. The Labute approximate surface area is 193 Å². The lowest BCUT2D eigenvalue weighted by atomic mass is 9.75. The zero-order valence-electron chi connectivity index (χ0n) is 19.2. The SMILES string of the molecule is COC(=O)C(F)n1c(C)c(Cc2ccccc2SN2CCCC2)c2c1CC(C)(C)CC2=O. The van der Waals surface area contributed by atoms with Gasteiger partial charge in [0.05, 0.1) is 7.11 Å². The Morgan fingerprint density at radius 2 is 1.91 bits per heavy atom. The summed E-state index contributed by atoms with van der Waals surface area (Å²) in [5.41, 5.74) is 3.47. The Morgan fingerprint density at radius 1 is 1.22 bits per heavy atom. The second-order valence-electron chi connectivity index (χ2n) is 9.57. The highest BCUT2D eigenvalue weighted by Crippen LogP contribution is 2.42. The van der Waals surface area contributed by atoms with E-state index in [1.54, 1.807) is 18.9 Å². The summed E-state index contributed by atoms with van der Waals surface area (Å²) >= 11 is 1.76. The van der Waals surface area contributed by atoms with Crippen molar-refractivity contribution in [2.24, 2.45) is 5.41 Å². The van der Waals surface area contributed by atoms with E-state index in [1.165, 1.54) is 24.5 Å². The molecule has 1 fully saturated rings. The van der Waals surface area contributed by atoms with Gasteiger partial charge in [-0.25, -0.2) is 13.5 Å². The van der Waals surface area contributed by atoms with Crippen molar-refractivity contribution >= 4 is 23.7 Å². The van der Waals surface area contributed by atoms with E-state index in [0.717, 1.165) is 29.1 Å². The normalized spacial score (nSPS) is 19.1. The third-order valence-electron chi connectivity index (χ3n) is 6.50. The van der Waals surface area contributed by atoms with Crippen molar-refractivity contribution in [1.29, 1.82) is 0 Å². The van der Waals surface area contributed by atoms with Crippen molar-refractivity contribution in [3.63, 3.8) is 0 Å². The summed E-state index contributed by atoms with van der Waals surface area (Å²) < 4.78 is 23.7. The van der Waals surface area contributed by atoms with Gasteiger partial charge in [-0.05, 0) is 60.7 Å². The van der Waals surface area contributed by atoms with Gasteiger partial charge < -0.3 is 9.30 Å². The number of ether oxygens (including phenoxy) is 1. The molecule has 0 spiro atoms. The second kappa shape index (κ2) is 9.02. The van der Waals surface area contributed by atoms with E-state index < -0.39 is 12.3 Å². The Bertz CT molecular complexity index is 1040. The summed E-state index contributed by atoms with van der Waals surface area (Å²) in [7, 11) is 1.18. The van der Waals surface area contributed by atoms with Crippen LogP contribution in [-0.2, 0) is 22.4 Å². The number of ketones is 1. The number of rotatable bonds is 6. The van der Waals surface area contributed by atoms with Crippen LogP contribution in [0.25, 0.3) is 0 Å². The van der Waals surface area contributed by atoms with Crippen LogP contribution in [0.3, 0.4) is 0 Å². The van der Waals surface area contributed by atoms with Crippen LogP contribution < -0.4 is 0 Å². The van der Waals surface area contributed by atoms with Gasteiger partial charge in [-0.1, -0.05) is 32.0 Å². The molecule has 7 heteroatoms. The maximum Gasteiger partial charge on any atom is 0.362 e. The Kier molecular flexibility index (Phi) is 6.50. The fraction of sp³-hybridized carbons (Fsp3) is 0.520. The molecule has 32 heavy (non-hydrogen) atoms. The molecule has 1 atom stereocenters. The largest absolute Gasteiger partial charge is 0.465 e. The van der Waals surface area contributed by atoms with Gasteiger partial charge >= 0.3 is 5.97 Å². The lowest BCUT2D eigenvalue weighted by Crippen LogP contribution is -2.30. The predicted octanol–water partition coefficient (Wildman–Crippen LogP) is 5.29. The quantitative estimate of drug-likeness (QED) is 0.435. The van der Waals surface area contributed by atoms with Crippen molar-refractivity contribution < 1.29 is 18.7 Å². The topological polar surface area (TPSA) is 51.5 Å². The molecule has 2 aliphatic rings. The summed E-state index contributed by atoms with van der Waals surface area (Å²) in [6.07, 6.45) is 1.93. The minimum atomic E-state index is -1.96. The van der Waals surface area contributed by atoms with E-state index >= 15 is 4.39 Å². The van der Waals surface area contributed by atoms with E-state index in [4.69, 9.17) is 0 Å². The van der Waals surface area contributed by atoms with E-state index in [9.17, 15) is 9.59 Å². The van der Waals surface area contributed by atoms with Crippen LogP contribution in [0.15, 0.2) is 29.2 Å². The molecule has 0 amide bonds. The number of halogens is 1. The molecule has 4 rings (SSSR count). The highest BCUT2D eigenvalue weighted by molar-refractivity contribution is 7.97. The first-order chi connectivity index (χ1) is 15.2. The predicted molar refractivity (Wildman–Crippen MR) is 124 cm³/mol. The van der Waals surface area contributed by atoms with Crippen LogP contribution in [-0.4, -0.2) is 40.8 Å². The van der Waals surface area contributed by atoms with Gasteiger partial charge in [0.15, 0.2) is 5.78 Å². The molecule has 2 heterocycles. The van der Waals surface area contributed by atoms with Crippen LogP contribution >= 0.6 is 11.9 Å². The molecule has 5 nitrogen and oxygen atoms in total. The molecular weight excluding hydrogens is 427 g/mol. The zero-order chi connectivity index (χ0) is 23.0. The van der Waals surface area contributed by atoms with E-state index in [-0.39, 0.29) is 11.2 Å². The number of hydrogen-bond donors (Lipinski definition) is 0. The first kappa shape index (κ1) is 23.1. The average Bonchev–Trinajstić information content (AvgIpc) is 3.34. The van der Waals surface area contributed by atoms with E-state index in [2.05, 4.69) is 21.2 Å². The first-order valence-corrected chi connectivity index (χ1v) is 12.0. The molecule has 1 aromatic carbocycles. The summed E-state index contributed by atoms with van der Waals surface area (Å²) in [4.78, 5) is 26.5. The summed E-state index contributed by atoms with van der Waals surface area (Å²) in [5, 5.41) is 0. The number of benzene rings is 1. The number of esters is 1. The minimum Gasteiger partial charge on any atom is -0.465 e. The van der Waals surface area contributed by atoms with Gasteiger partial charge in [-0.15, -0.1) is 0 Å². The molecular formula is C25H31FN2O3S. The van der Waals surface area contributed by atoms with Gasteiger partial charge in [0.1, 0.15) is 0 Å².